The van der Waals surface area contributed by atoms with Crippen molar-refractivity contribution >= 4 is 44.2 Å². The van der Waals surface area contributed by atoms with Crippen molar-refractivity contribution in [1.29, 1.82) is 0 Å². The van der Waals surface area contributed by atoms with E-state index < -0.39 is 0 Å². The fraction of sp³-hybridized carbons (Fsp3) is 0.429. The molecular weight excluding hydrogens is 294 g/mol. The van der Waals surface area contributed by atoms with Gasteiger partial charge in [0, 0.05) is 5.02 Å². The molecule has 0 saturated carbocycles. The third kappa shape index (κ3) is 3.29. The topological polar surface area (TPSA) is 46.4 Å². The zero-order valence-corrected chi connectivity index (χ0v) is 12.7. The molecule has 1 fully saturated rings. The molecule has 0 spiro atoms. The number of aromatic nitrogens is 1. The number of nitrogens with one attached hydrogen (secondary N) is 2. The summed E-state index contributed by atoms with van der Waals surface area (Å²) in [5.41, 5.74) is 0.875. The number of carbonyl (C=O) groups is 1. The van der Waals surface area contributed by atoms with Gasteiger partial charge in [0.2, 0.25) is 0 Å². The van der Waals surface area contributed by atoms with E-state index >= 15 is 0 Å². The second-order valence-corrected chi connectivity index (χ2v) is 6.63. The number of carbonyl (C=O) groups excluding carboxylic acids is 1. The number of quaternary nitrogens is 1. The highest BCUT2D eigenvalue weighted by molar-refractivity contribution is 7.22. The Balaban J connectivity index is 1.64. The molecule has 0 bridgehead atoms. The molecular formula is C14H17ClN3OS+. The van der Waals surface area contributed by atoms with E-state index in [-0.39, 0.29) is 5.91 Å². The number of thiazole rings is 1. The van der Waals surface area contributed by atoms with Gasteiger partial charge in [0.05, 0.1) is 23.3 Å². The Hall–Kier alpha value is -1.17. The molecule has 1 aliphatic rings. The lowest BCUT2D eigenvalue weighted by Crippen LogP contribution is -3.13. The van der Waals surface area contributed by atoms with E-state index in [9.17, 15) is 4.79 Å². The summed E-state index contributed by atoms with van der Waals surface area (Å²) < 4.78 is 0.998. The first-order chi connectivity index (χ1) is 9.70. The number of hydrogen-bond acceptors (Lipinski definition) is 3. The summed E-state index contributed by atoms with van der Waals surface area (Å²) in [6.07, 6.45) is 3.74. The molecule has 2 N–H and O–H groups in total. The van der Waals surface area contributed by atoms with Gasteiger partial charge in [-0.25, -0.2) is 4.98 Å². The molecule has 0 atom stereocenters. The van der Waals surface area contributed by atoms with Gasteiger partial charge in [-0.1, -0.05) is 22.9 Å². The normalized spacial score (nSPS) is 16.4. The van der Waals surface area contributed by atoms with Crippen molar-refractivity contribution in [2.24, 2.45) is 0 Å². The highest BCUT2D eigenvalue weighted by Crippen LogP contribution is 2.28. The quantitative estimate of drug-likeness (QED) is 0.910. The van der Waals surface area contributed by atoms with Crippen molar-refractivity contribution in [3.8, 4) is 0 Å². The molecule has 1 saturated heterocycles. The molecule has 6 heteroatoms. The molecule has 106 valence electrons. The van der Waals surface area contributed by atoms with Crippen LogP contribution < -0.4 is 10.2 Å². The minimum Gasteiger partial charge on any atom is -0.327 e. The van der Waals surface area contributed by atoms with Gasteiger partial charge < -0.3 is 4.90 Å². The minimum absolute atomic E-state index is 0.0482. The maximum atomic E-state index is 12.0. The highest BCUT2D eigenvalue weighted by Gasteiger charge is 2.18. The molecule has 1 aromatic carbocycles. The zero-order valence-electron chi connectivity index (χ0n) is 11.1. The molecule has 3 rings (SSSR count). The predicted molar refractivity (Wildman–Crippen MR) is 82.7 cm³/mol. The average molecular weight is 311 g/mol. The Bertz CT molecular complexity index is 622. The van der Waals surface area contributed by atoms with Crippen LogP contribution in [0, 0.1) is 0 Å². The third-order valence-corrected chi connectivity index (χ3v) is 4.74. The SMILES string of the molecule is O=C(C[NH+]1CCCCC1)Nc1nc2ccc(Cl)cc2s1. The number of halogens is 1. The summed E-state index contributed by atoms with van der Waals surface area (Å²) in [5.74, 6) is 0.0482. The average Bonchev–Trinajstić information content (AvgIpc) is 2.80. The lowest BCUT2D eigenvalue weighted by atomic mass is 10.1. The Labute approximate surface area is 126 Å². The van der Waals surface area contributed by atoms with Crippen LogP contribution in [-0.2, 0) is 4.79 Å². The van der Waals surface area contributed by atoms with E-state index in [1.165, 1.54) is 35.5 Å². The standard InChI is InChI=1S/C14H16ClN3OS/c15-10-4-5-11-12(8-10)20-14(16-11)17-13(19)9-18-6-2-1-3-7-18/h4-5,8H,1-3,6-7,9H2,(H,16,17,19)/p+1. The predicted octanol–water partition coefficient (Wildman–Crippen LogP) is 1.96. The molecule has 20 heavy (non-hydrogen) atoms. The van der Waals surface area contributed by atoms with Gasteiger partial charge in [-0.3, -0.25) is 10.1 Å². The first kappa shape index (κ1) is 13.8. The molecule has 2 heterocycles. The molecule has 1 aromatic heterocycles. The smallest absolute Gasteiger partial charge is 0.281 e. The summed E-state index contributed by atoms with van der Waals surface area (Å²) >= 11 is 7.42. The summed E-state index contributed by atoms with van der Waals surface area (Å²) in [6, 6.07) is 5.56. The van der Waals surface area contributed by atoms with Crippen molar-refractivity contribution in [3.05, 3.63) is 23.2 Å². The van der Waals surface area contributed by atoms with Crippen molar-refractivity contribution in [2.45, 2.75) is 19.3 Å². The Morgan fingerprint density at radius 2 is 2.15 bits per heavy atom. The number of likely N-dealkylation sites (tertiary alicyclic amines) is 1. The van der Waals surface area contributed by atoms with Crippen molar-refractivity contribution in [1.82, 2.24) is 4.98 Å². The van der Waals surface area contributed by atoms with Crippen LogP contribution in [-0.4, -0.2) is 30.5 Å². The van der Waals surface area contributed by atoms with Crippen LogP contribution in [0.25, 0.3) is 10.2 Å². The maximum absolute atomic E-state index is 12.0. The number of amides is 1. The van der Waals surface area contributed by atoms with E-state index in [1.54, 1.807) is 0 Å². The van der Waals surface area contributed by atoms with Gasteiger partial charge in [0.1, 0.15) is 0 Å². The van der Waals surface area contributed by atoms with E-state index in [0.717, 1.165) is 23.3 Å². The van der Waals surface area contributed by atoms with Gasteiger partial charge >= 0.3 is 0 Å². The first-order valence-corrected chi connectivity index (χ1v) is 8.10. The minimum atomic E-state index is 0.0482. The zero-order chi connectivity index (χ0) is 13.9. The van der Waals surface area contributed by atoms with Crippen molar-refractivity contribution in [3.63, 3.8) is 0 Å². The van der Waals surface area contributed by atoms with E-state index in [2.05, 4.69) is 10.3 Å². The number of nitrogens with zero attached hydrogens (tertiary/aromatic N) is 1. The fourth-order valence-corrected chi connectivity index (χ4v) is 3.73. The second kappa shape index (κ2) is 6.08. The maximum Gasteiger partial charge on any atom is 0.281 e. The molecule has 0 unspecified atom stereocenters. The van der Waals surface area contributed by atoms with E-state index in [4.69, 9.17) is 11.6 Å². The number of benzene rings is 1. The van der Waals surface area contributed by atoms with Gasteiger partial charge in [-0.15, -0.1) is 0 Å². The molecule has 1 amide bonds. The Morgan fingerprint density at radius 3 is 2.95 bits per heavy atom. The lowest BCUT2D eigenvalue weighted by molar-refractivity contribution is -0.896. The molecule has 2 aromatic rings. The molecule has 4 nitrogen and oxygen atoms in total. The van der Waals surface area contributed by atoms with Crippen LogP contribution in [0.15, 0.2) is 18.2 Å². The van der Waals surface area contributed by atoms with Gasteiger partial charge in [-0.2, -0.15) is 0 Å². The van der Waals surface area contributed by atoms with Gasteiger partial charge in [0.25, 0.3) is 5.91 Å². The summed E-state index contributed by atoms with van der Waals surface area (Å²) in [5, 5.41) is 4.25. The number of fused-ring (bicyclic) bond motifs is 1. The summed E-state index contributed by atoms with van der Waals surface area (Å²) in [6.45, 7) is 2.74. The Morgan fingerprint density at radius 1 is 1.35 bits per heavy atom. The van der Waals surface area contributed by atoms with Crippen LogP contribution in [0.1, 0.15) is 19.3 Å². The van der Waals surface area contributed by atoms with Crippen molar-refractivity contribution < 1.29 is 9.69 Å². The third-order valence-electron chi connectivity index (χ3n) is 3.57. The van der Waals surface area contributed by atoms with Crippen LogP contribution in [0.5, 0.6) is 0 Å². The van der Waals surface area contributed by atoms with Gasteiger partial charge in [0.15, 0.2) is 11.7 Å². The van der Waals surface area contributed by atoms with Crippen LogP contribution >= 0.6 is 22.9 Å². The molecule has 0 aliphatic carbocycles. The Kier molecular flexibility index (Phi) is 4.19. The summed E-state index contributed by atoms with van der Waals surface area (Å²) in [7, 11) is 0. The van der Waals surface area contributed by atoms with E-state index in [0.29, 0.717) is 16.7 Å². The fourth-order valence-electron chi connectivity index (χ4n) is 2.57. The van der Waals surface area contributed by atoms with Crippen LogP contribution in [0.3, 0.4) is 0 Å². The lowest BCUT2D eigenvalue weighted by Gasteiger charge is -2.22. The van der Waals surface area contributed by atoms with Crippen LogP contribution in [0.2, 0.25) is 5.02 Å². The molecule has 1 aliphatic heterocycles. The van der Waals surface area contributed by atoms with Gasteiger partial charge in [-0.05, 0) is 37.5 Å². The highest BCUT2D eigenvalue weighted by atomic mass is 35.5. The number of anilines is 1. The molecule has 0 radical (unpaired) electrons. The number of hydrogen-bond donors (Lipinski definition) is 2. The largest absolute Gasteiger partial charge is 0.327 e. The van der Waals surface area contributed by atoms with Crippen LogP contribution in [0.4, 0.5) is 5.13 Å². The first-order valence-electron chi connectivity index (χ1n) is 6.90. The number of piperidine rings is 1. The van der Waals surface area contributed by atoms with Crippen molar-refractivity contribution in [2.75, 3.05) is 25.0 Å². The number of rotatable bonds is 3. The summed E-state index contributed by atoms with van der Waals surface area (Å²) in [4.78, 5) is 17.8. The van der Waals surface area contributed by atoms with E-state index in [1.807, 2.05) is 18.2 Å². The second-order valence-electron chi connectivity index (χ2n) is 5.17. The monoisotopic (exact) mass is 310 g/mol.